The second-order valence-electron chi connectivity index (χ2n) is 0.812. The molecule has 0 aromatic heterocycles. The molecule has 34 valence electrons. The number of hydrogen-bond donors (Lipinski definition) is 0. The third-order valence-corrected chi connectivity index (χ3v) is 0.441. The van der Waals surface area contributed by atoms with Crippen LogP contribution in [0.25, 0.3) is 6.15 Å². The van der Waals surface area contributed by atoms with Crippen molar-refractivity contribution < 1.29 is 29.6 Å². The molecule has 1 heterocycles. The number of nitrogens with zero attached hydrogens (tertiary/aromatic N) is 2. The van der Waals surface area contributed by atoms with Gasteiger partial charge in [0.2, 0.25) is 0 Å². The van der Waals surface area contributed by atoms with Crippen molar-refractivity contribution in [2.45, 2.75) is 0 Å². The largest absolute Gasteiger partial charge is 1.00 e. The first-order valence-corrected chi connectivity index (χ1v) is 1.50. The van der Waals surface area contributed by atoms with Gasteiger partial charge in [0.25, 0.3) is 0 Å². The molecule has 1 rings (SSSR count). The van der Waals surface area contributed by atoms with Crippen molar-refractivity contribution in [3.8, 4) is 0 Å². The number of aliphatic imine (C=N–C) groups is 2. The molecule has 0 aromatic carbocycles. The predicted molar refractivity (Wildman–Crippen MR) is 27.1 cm³/mol. The summed E-state index contributed by atoms with van der Waals surface area (Å²) < 4.78 is 0. The van der Waals surface area contributed by atoms with Gasteiger partial charge < -0.3 is 6.15 Å². The van der Waals surface area contributed by atoms with Crippen LogP contribution < -0.4 is 29.6 Å². The molecule has 1 aliphatic rings. The summed E-state index contributed by atoms with van der Waals surface area (Å²) in [6.45, 7) is 0.778. The Labute approximate surface area is 64.8 Å². The molecule has 0 saturated carbocycles. The maximum Gasteiger partial charge on any atom is 1.00 e. The van der Waals surface area contributed by atoms with Crippen molar-refractivity contribution in [3.63, 3.8) is 0 Å². The van der Waals surface area contributed by atoms with Gasteiger partial charge in [0.05, 0.1) is 6.54 Å². The monoisotopic (exact) mass is 107 g/mol. The average Bonchev–Trinajstić information content (AvgIpc) is 1.76. The van der Waals surface area contributed by atoms with Crippen molar-refractivity contribution in [2.75, 3.05) is 6.54 Å². The molecule has 0 aliphatic carbocycles. The second-order valence-corrected chi connectivity index (χ2v) is 0.812. The van der Waals surface area contributed by atoms with Crippen molar-refractivity contribution >= 4 is 12.6 Å². The molecule has 7 heavy (non-hydrogen) atoms. The Bertz CT molecular complexity index is 68.2. The zero-order valence-electron chi connectivity index (χ0n) is 4.33. The van der Waals surface area contributed by atoms with Crippen LogP contribution in [0.1, 0.15) is 0 Å². The van der Waals surface area contributed by atoms with Crippen molar-refractivity contribution in [1.82, 2.24) is 0 Å². The maximum atomic E-state index is 3.74. The molecular formula is C3H6N3Na. The van der Waals surface area contributed by atoms with Crippen LogP contribution in [0, 0.1) is 0 Å². The average molecular weight is 107 g/mol. The van der Waals surface area contributed by atoms with E-state index in [1.165, 1.54) is 0 Å². The molecule has 0 aromatic rings. The van der Waals surface area contributed by atoms with Gasteiger partial charge in [-0.2, -0.15) is 0 Å². The minimum atomic E-state index is 0. The summed E-state index contributed by atoms with van der Waals surface area (Å²) in [4.78, 5) is 7.40. The van der Waals surface area contributed by atoms with Crippen LogP contribution in [0.4, 0.5) is 0 Å². The van der Waals surface area contributed by atoms with Crippen LogP contribution in [0.3, 0.4) is 0 Å². The van der Waals surface area contributed by atoms with E-state index in [-0.39, 0.29) is 35.7 Å². The predicted octanol–water partition coefficient (Wildman–Crippen LogP) is -2.18. The maximum absolute atomic E-state index is 3.74. The first-order valence-electron chi connectivity index (χ1n) is 1.50. The minimum absolute atomic E-state index is 0. The zero-order chi connectivity index (χ0) is 3.54. The Kier molecular flexibility index (Phi) is 9.28. The van der Waals surface area contributed by atoms with Gasteiger partial charge in [0.1, 0.15) is 6.34 Å². The number of nitrogens with two attached hydrogens (primary N) is 1. The Morgan fingerprint density at radius 3 is 2.29 bits per heavy atom. The number of hydrogen-bond acceptors (Lipinski definition) is 2. The van der Waals surface area contributed by atoms with Crippen molar-refractivity contribution in [3.05, 3.63) is 6.15 Å². The third-order valence-electron chi connectivity index (χ3n) is 0.441. The van der Waals surface area contributed by atoms with Crippen LogP contribution in [0.5, 0.6) is 0 Å². The van der Waals surface area contributed by atoms with E-state index >= 15 is 0 Å². The van der Waals surface area contributed by atoms with Crippen LogP contribution in [0.2, 0.25) is 0 Å². The van der Waals surface area contributed by atoms with Gasteiger partial charge in [-0.25, -0.2) is 4.99 Å². The van der Waals surface area contributed by atoms with Gasteiger partial charge in [-0.1, -0.05) is 0 Å². The van der Waals surface area contributed by atoms with Gasteiger partial charge in [-0.15, -0.1) is 0 Å². The Morgan fingerprint density at radius 2 is 2.14 bits per heavy atom. The van der Waals surface area contributed by atoms with E-state index in [1.807, 2.05) is 0 Å². The Balaban J connectivity index is 0. The van der Waals surface area contributed by atoms with Gasteiger partial charge in [-0.05, 0) is 0 Å². The van der Waals surface area contributed by atoms with Gasteiger partial charge in [0, 0.05) is 6.21 Å². The third kappa shape index (κ3) is 4.15. The van der Waals surface area contributed by atoms with Gasteiger partial charge in [0.15, 0.2) is 0 Å². The van der Waals surface area contributed by atoms with Crippen molar-refractivity contribution in [2.24, 2.45) is 9.98 Å². The van der Waals surface area contributed by atoms with E-state index in [2.05, 4.69) is 9.98 Å². The SMILES string of the molecule is C1=NC=NC1.[NH2-].[Na+]. The molecule has 0 atom stereocenters. The second kappa shape index (κ2) is 6.30. The Hall–Kier alpha value is 0.300. The summed E-state index contributed by atoms with van der Waals surface area (Å²) in [6.07, 6.45) is 3.32. The topological polar surface area (TPSA) is 58.2 Å². The summed E-state index contributed by atoms with van der Waals surface area (Å²) >= 11 is 0. The molecule has 0 amide bonds. The smallest absolute Gasteiger partial charge is 0.693 e. The normalized spacial score (nSPS) is 12.6. The fraction of sp³-hybridized carbons (Fsp3) is 0.333. The van der Waals surface area contributed by atoms with Crippen LogP contribution in [0.15, 0.2) is 9.98 Å². The summed E-state index contributed by atoms with van der Waals surface area (Å²) in [5.41, 5.74) is 0. The fourth-order valence-corrected chi connectivity index (χ4v) is 0.236. The van der Waals surface area contributed by atoms with E-state index in [1.54, 1.807) is 12.6 Å². The van der Waals surface area contributed by atoms with E-state index in [0.29, 0.717) is 0 Å². The van der Waals surface area contributed by atoms with Crippen LogP contribution in [-0.2, 0) is 0 Å². The minimum Gasteiger partial charge on any atom is -0.693 e. The summed E-state index contributed by atoms with van der Waals surface area (Å²) in [6, 6.07) is 0. The molecule has 0 spiro atoms. The van der Waals surface area contributed by atoms with E-state index in [9.17, 15) is 0 Å². The zero-order valence-corrected chi connectivity index (χ0v) is 6.33. The molecular weight excluding hydrogens is 101 g/mol. The Morgan fingerprint density at radius 1 is 1.43 bits per heavy atom. The van der Waals surface area contributed by atoms with Crippen molar-refractivity contribution in [1.29, 1.82) is 0 Å². The molecule has 0 unspecified atom stereocenters. The van der Waals surface area contributed by atoms with Crippen LogP contribution >= 0.6 is 0 Å². The molecule has 0 bridgehead atoms. The molecule has 2 N–H and O–H groups in total. The quantitative estimate of drug-likeness (QED) is 0.316. The first-order chi connectivity index (χ1) is 2.50. The molecule has 0 radical (unpaired) electrons. The molecule has 1 aliphatic heterocycles. The van der Waals surface area contributed by atoms with E-state index < -0.39 is 0 Å². The van der Waals surface area contributed by atoms with Gasteiger partial charge in [-0.3, -0.25) is 4.99 Å². The summed E-state index contributed by atoms with van der Waals surface area (Å²) in [7, 11) is 0. The van der Waals surface area contributed by atoms with Gasteiger partial charge >= 0.3 is 29.6 Å². The molecule has 0 saturated heterocycles. The molecule has 3 nitrogen and oxygen atoms in total. The molecule has 0 fully saturated rings. The number of rotatable bonds is 0. The van der Waals surface area contributed by atoms with E-state index in [4.69, 9.17) is 0 Å². The summed E-state index contributed by atoms with van der Waals surface area (Å²) in [5, 5.41) is 0. The summed E-state index contributed by atoms with van der Waals surface area (Å²) in [5.74, 6) is 0. The fourth-order valence-electron chi connectivity index (χ4n) is 0.236. The van der Waals surface area contributed by atoms with Crippen LogP contribution in [-0.4, -0.2) is 19.1 Å². The standard InChI is InChI=1S/C3H4N2.H2N.Na/c1-2-5-3-4-1;;/h1,3H,2H2;1H2;/q;-1;+1. The van der Waals surface area contributed by atoms with E-state index in [0.717, 1.165) is 6.54 Å². The molecule has 4 heteroatoms. The first kappa shape index (κ1) is 10.3.